The van der Waals surface area contributed by atoms with E-state index in [0.717, 1.165) is 13.2 Å². The largest absolute Gasteiger partial charge is 0.374 e. The monoisotopic (exact) mass is 160 g/mol. The van der Waals surface area contributed by atoms with Gasteiger partial charge in [0.05, 0.1) is 12.2 Å². The Labute approximate surface area is 69.7 Å². The topological polar surface area (TPSA) is 24.5 Å². The molecule has 0 unspecified atom stereocenters. The van der Waals surface area contributed by atoms with Crippen LogP contribution < -0.4 is 5.43 Å². The second-order valence-electron chi connectivity index (χ2n) is 3.76. The van der Waals surface area contributed by atoms with Crippen LogP contribution in [0, 0.1) is 0 Å². The molecule has 0 saturated carbocycles. The van der Waals surface area contributed by atoms with Crippen LogP contribution >= 0.6 is 0 Å². The number of hydrazine groups is 1. The first-order chi connectivity index (χ1) is 4.92. The van der Waals surface area contributed by atoms with E-state index in [2.05, 4.69) is 26.2 Å². The number of ether oxygens (including phenoxy) is 1. The molecule has 0 bridgehead atoms. The lowest BCUT2D eigenvalue weighted by molar-refractivity contribution is -0.00557. The molecule has 0 atom stereocenters. The molecule has 0 saturated heterocycles. The lowest BCUT2D eigenvalue weighted by Gasteiger charge is -2.20. The van der Waals surface area contributed by atoms with Crippen molar-refractivity contribution in [2.45, 2.75) is 26.4 Å². The minimum Gasteiger partial charge on any atom is -0.374 e. The van der Waals surface area contributed by atoms with Crippen LogP contribution in [0.15, 0.2) is 0 Å². The zero-order valence-electron chi connectivity index (χ0n) is 8.27. The molecule has 3 heteroatoms. The van der Waals surface area contributed by atoms with Gasteiger partial charge < -0.3 is 4.74 Å². The van der Waals surface area contributed by atoms with Gasteiger partial charge in [0.15, 0.2) is 0 Å². The van der Waals surface area contributed by atoms with Crippen molar-refractivity contribution in [3.63, 3.8) is 0 Å². The summed E-state index contributed by atoms with van der Waals surface area (Å²) in [6.07, 6.45) is 0. The van der Waals surface area contributed by atoms with Gasteiger partial charge in [0.2, 0.25) is 0 Å². The smallest absolute Gasteiger partial charge is 0.0612 e. The molecule has 0 aromatic carbocycles. The highest BCUT2D eigenvalue weighted by atomic mass is 16.5. The Hall–Kier alpha value is -0.120. The van der Waals surface area contributed by atoms with Gasteiger partial charge >= 0.3 is 0 Å². The van der Waals surface area contributed by atoms with Crippen molar-refractivity contribution in [3.05, 3.63) is 0 Å². The van der Waals surface area contributed by atoms with Crippen LogP contribution in [0.3, 0.4) is 0 Å². The highest BCUT2D eigenvalue weighted by Crippen LogP contribution is 2.04. The van der Waals surface area contributed by atoms with Crippen LogP contribution in [0.2, 0.25) is 0 Å². The third-order valence-electron chi connectivity index (χ3n) is 1.07. The molecule has 0 radical (unpaired) electrons. The highest BCUT2D eigenvalue weighted by molar-refractivity contribution is 4.58. The maximum absolute atomic E-state index is 5.49. The lowest BCUT2D eigenvalue weighted by Crippen LogP contribution is -2.35. The number of nitrogens with one attached hydrogen (secondary N) is 1. The van der Waals surface area contributed by atoms with Crippen LogP contribution in [0.4, 0.5) is 0 Å². The van der Waals surface area contributed by atoms with Gasteiger partial charge in [0.1, 0.15) is 0 Å². The number of nitrogens with zero attached hydrogens (tertiary/aromatic N) is 1. The Morgan fingerprint density at radius 3 is 2.18 bits per heavy atom. The normalized spacial score (nSPS) is 12.5. The first-order valence-corrected chi connectivity index (χ1v) is 3.96. The van der Waals surface area contributed by atoms with Crippen molar-refractivity contribution in [1.29, 1.82) is 0 Å². The molecule has 0 aliphatic heterocycles. The maximum Gasteiger partial charge on any atom is 0.0612 e. The van der Waals surface area contributed by atoms with Gasteiger partial charge in [-0.3, -0.25) is 10.4 Å². The van der Waals surface area contributed by atoms with E-state index in [1.165, 1.54) is 0 Å². The Morgan fingerprint density at radius 2 is 1.82 bits per heavy atom. The Balaban J connectivity index is 3.15. The molecular weight excluding hydrogens is 140 g/mol. The minimum absolute atomic E-state index is 0.0198. The molecule has 0 aliphatic carbocycles. The molecular formula is C8H20N2O. The molecule has 0 amide bonds. The molecule has 0 rings (SSSR count). The van der Waals surface area contributed by atoms with Crippen LogP contribution in [0.1, 0.15) is 20.8 Å². The summed E-state index contributed by atoms with van der Waals surface area (Å²) in [7, 11) is 3.94. The first kappa shape index (κ1) is 10.9. The Bertz CT molecular complexity index is 96.8. The molecule has 0 aromatic rings. The van der Waals surface area contributed by atoms with E-state index in [1.54, 1.807) is 0 Å². The number of hydrogen-bond donors (Lipinski definition) is 1. The van der Waals surface area contributed by atoms with Crippen LogP contribution in [0.25, 0.3) is 0 Å². The molecule has 11 heavy (non-hydrogen) atoms. The average Bonchev–Trinajstić information content (AvgIpc) is 1.78. The maximum atomic E-state index is 5.49. The third-order valence-corrected chi connectivity index (χ3v) is 1.07. The fourth-order valence-corrected chi connectivity index (χ4v) is 0.626. The molecule has 0 aliphatic rings. The predicted octanol–water partition coefficient (Wildman–Crippen LogP) is 0.868. The van der Waals surface area contributed by atoms with Crippen molar-refractivity contribution in [1.82, 2.24) is 10.4 Å². The van der Waals surface area contributed by atoms with E-state index >= 15 is 0 Å². The summed E-state index contributed by atoms with van der Waals surface area (Å²) >= 11 is 0. The van der Waals surface area contributed by atoms with E-state index in [0.29, 0.717) is 0 Å². The van der Waals surface area contributed by atoms with E-state index < -0.39 is 0 Å². The van der Waals surface area contributed by atoms with Crippen molar-refractivity contribution in [2.24, 2.45) is 0 Å². The van der Waals surface area contributed by atoms with E-state index in [4.69, 9.17) is 4.74 Å². The summed E-state index contributed by atoms with van der Waals surface area (Å²) in [6.45, 7) is 7.79. The standard InChI is InChI=1S/C8H20N2O/c1-8(2,3)11-7-6-9-10(4)5/h9H,6-7H2,1-5H3. The molecule has 0 heterocycles. The lowest BCUT2D eigenvalue weighted by atomic mass is 10.2. The molecule has 0 fully saturated rings. The fourth-order valence-electron chi connectivity index (χ4n) is 0.626. The van der Waals surface area contributed by atoms with Crippen LogP contribution in [-0.4, -0.2) is 37.9 Å². The summed E-state index contributed by atoms with van der Waals surface area (Å²) < 4.78 is 5.49. The van der Waals surface area contributed by atoms with Crippen LogP contribution in [-0.2, 0) is 4.74 Å². The van der Waals surface area contributed by atoms with Gasteiger partial charge in [-0.25, -0.2) is 0 Å². The van der Waals surface area contributed by atoms with E-state index in [9.17, 15) is 0 Å². The van der Waals surface area contributed by atoms with E-state index in [-0.39, 0.29) is 5.60 Å². The van der Waals surface area contributed by atoms with Gasteiger partial charge in [-0.05, 0) is 20.8 Å². The fraction of sp³-hybridized carbons (Fsp3) is 1.00. The predicted molar refractivity (Wildman–Crippen MR) is 47.4 cm³/mol. The molecule has 68 valence electrons. The van der Waals surface area contributed by atoms with E-state index in [1.807, 2.05) is 19.1 Å². The second kappa shape index (κ2) is 4.70. The molecule has 0 spiro atoms. The van der Waals surface area contributed by atoms with Gasteiger partial charge in [-0.1, -0.05) is 0 Å². The van der Waals surface area contributed by atoms with Crippen molar-refractivity contribution in [3.8, 4) is 0 Å². The van der Waals surface area contributed by atoms with Crippen molar-refractivity contribution < 1.29 is 4.74 Å². The zero-order valence-corrected chi connectivity index (χ0v) is 8.27. The van der Waals surface area contributed by atoms with Gasteiger partial charge in [-0.2, -0.15) is 0 Å². The molecule has 3 nitrogen and oxygen atoms in total. The Kier molecular flexibility index (Phi) is 4.65. The molecule has 1 N–H and O–H groups in total. The van der Waals surface area contributed by atoms with Crippen molar-refractivity contribution in [2.75, 3.05) is 27.2 Å². The second-order valence-corrected chi connectivity index (χ2v) is 3.76. The summed E-state index contributed by atoms with van der Waals surface area (Å²) in [5, 5.41) is 1.92. The number of hydrogen-bond acceptors (Lipinski definition) is 3. The quantitative estimate of drug-likeness (QED) is 0.488. The number of rotatable bonds is 4. The third kappa shape index (κ3) is 9.88. The van der Waals surface area contributed by atoms with Gasteiger partial charge in [0, 0.05) is 20.6 Å². The zero-order chi connectivity index (χ0) is 8.91. The summed E-state index contributed by atoms with van der Waals surface area (Å²) in [4.78, 5) is 0. The first-order valence-electron chi connectivity index (χ1n) is 3.96. The minimum atomic E-state index is -0.0198. The van der Waals surface area contributed by atoms with Crippen molar-refractivity contribution >= 4 is 0 Å². The Morgan fingerprint density at radius 1 is 1.27 bits per heavy atom. The summed E-state index contributed by atoms with van der Waals surface area (Å²) in [5.74, 6) is 0. The highest BCUT2D eigenvalue weighted by Gasteiger charge is 2.08. The van der Waals surface area contributed by atoms with Gasteiger partial charge in [0.25, 0.3) is 0 Å². The average molecular weight is 160 g/mol. The molecule has 0 aromatic heterocycles. The van der Waals surface area contributed by atoms with Crippen LogP contribution in [0.5, 0.6) is 0 Å². The SMILES string of the molecule is CN(C)NCCOC(C)(C)C. The van der Waals surface area contributed by atoms with Gasteiger partial charge in [-0.15, -0.1) is 0 Å². The summed E-state index contributed by atoms with van der Waals surface area (Å²) in [6, 6.07) is 0. The summed E-state index contributed by atoms with van der Waals surface area (Å²) in [5.41, 5.74) is 3.11.